The van der Waals surface area contributed by atoms with E-state index in [0.717, 1.165) is 24.3 Å². The first kappa shape index (κ1) is 14.3. The van der Waals surface area contributed by atoms with E-state index in [0.29, 0.717) is 4.99 Å². The van der Waals surface area contributed by atoms with Crippen LogP contribution >= 0.6 is 12.2 Å². The van der Waals surface area contributed by atoms with Crippen LogP contribution in [0.15, 0.2) is 18.2 Å². The summed E-state index contributed by atoms with van der Waals surface area (Å²) >= 11 is 5.11. The van der Waals surface area contributed by atoms with Crippen LogP contribution in [0.25, 0.3) is 0 Å². The standard InChI is InChI=1S/C15H23N3S/c1-12-6-5-7-13(15(16)19)14(12)17-8-11-18-9-3-2-4-10-18/h5-7,17H,2-4,8-11H2,1H3,(H2,16,19). The summed E-state index contributed by atoms with van der Waals surface area (Å²) < 4.78 is 0. The SMILES string of the molecule is Cc1cccc(C(N)=S)c1NCCN1CCCCC1. The molecular weight excluding hydrogens is 254 g/mol. The fourth-order valence-electron chi connectivity index (χ4n) is 2.63. The maximum Gasteiger partial charge on any atom is 0.106 e. The van der Waals surface area contributed by atoms with Crippen LogP contribution in [-0.2, 0) is 0 Å². The highest BCUT2D eigenvalue weighted by Gasteiger charge is 2.11. The number of nitrogens with two attached hydrogens (primary N) is 1. The Labute approximate surface area is 121 Å². The molecule has 3 nitrogen and oxygen atoms in total. The molecule has 4 heteroatoms. The van der Waals surface area contributed by atoms with E-state index in [4.69, 9.17) is 18.0 Å². The number of nitrogens with zero attached hydrogens (tertiary/aromatic N) is 1. The van der Waals surface area contributed by atoms with Crippen molar-refractivity contribution in [2.24, 2.45) is 5.73 Å². The molecule has 2 rings (SSSR count). The maximum absolute atomic E-state index is 5.78. The number of para-hydroxylation sites is 1. The minimum Gasteiger partial charge on any atom is -0.389 e. The summed E-state index contributed by atoms with van der Waals surface area (Å²) in [5.41, 5.74) is 9.02. The number of nitrogens with one attached hydrogen (secondary N) is 1. The molecular formula is C15H23N3S. The lowest BCUT2D eigenvalue weighted by Crippen LogP contribution is -2.34. The van der Waals surface area contributed by atoms with Crippen LogP contribution < -0.4 is 11.1 Å². The van der Waals surface area contributed by atoms with Crippen LogP contribution in [0, 0.1) is 6.92 Å². The predicted molar refractivity (Wildman–Crippen MR) is 85.8 cm³/mol. The van der Waals surface area contributed by atoms with E-state index < -0.39 is 0 Å². The number of rotatable bonds is 5. The predicted octanol–water partition coefficient (Wildman–Crippen LogP) is 2.53. The Hall–Kier alpha value is -1.13. The van der Waals surface area contributed by atoms with E-state index in [1.54, 1.807) is 0 Å². The van der Waals surface area contributed by atoms with Gasteiger partial charge in [0.2, 0.25) is 0 Å². The molecule has 0 saturated carbocycles. The molecule has 1 aromatic carbocycles. The Bertz CT molecular complexity index is 439. The van der Waals surface area contributed by atoms with Crippen LogP contribution in [-0.4, -0.2) is 36.1 Å². The zero-order valence-corrected chi connectivity index (χ0v) is 12.4. The van der Waals surface area contributed by atoms with Gasteiger partial charge >= 0.3 is 0 Å². The third-order valence-corrected chi connectivity index (χ3v) is 3.94. The Balaban J connectivity index is 1.93. The molecule has 0 aromatic heterocycles. The van der Waals surface area contributed by atoms with Gasteiger partial charge in [0.25, 0.3) is 0 Å². The van der Waals surface area contributed by atoms with Gasteiger partial charge in [-0.2, -0.15) is 0 Å². The van der Waals surface area contributed by atoms with Crippen LogP contribution in [0.1, 0.15) is 30.4 Å². The molecule has 3 N–H and O–H groups in total. The molecule has 1 aliphatic rings. The molecule has 0 spiro atoms. The zero-order valence-electron chi connectivity index (χ0n) is 11.6. The number of benzene rings is 1. The second kappa shape index (κ2) is 6.87. The van der Waals surface area contributed by atoms with Crippen molar-refractivity contribution in [1.82, 2.24) is 4.90 Å². The molecule has 1 fully saturated rings. The van der Waals surface area contributed by atoms with E-state index in [1.807, 2.05) is 12.1 Å². The summed E-state index contributed by atoms with van der Waals surface area (Å²) in [5.74, 6) is 0. The summed E-state index contributed by atoms with van der Waals surface area (Å²) in [6.45, 7) is 6.59. The number of hydrogen-bond donors (Lipinski definition) is 2. The van der Waals surface area contributed by atoms with Crippen molar-refractivity contribution in [3.63, 3.8) is 0 Å². The number of anilines is 1. The zero-order chi connectivity index (χ0) is 13.7. The van der Waals surface area contributed by atoms with E-state index in [9.17, 15) is 0 Å². The lowest BCUT2D eigenvalue weighted by Gasteiger charge is -2.26. The quantitative estimate of drug-likeness (QED) is 0.812. The average Bonchev–Trinajstić information content (AvgIpc) is 2.41. The number of likely N-dealkylation sites (tertiary alicyclic amines) is 1. The van der Waals surface area contributed by atoms with Crippen molar-refractivity contribution in [2.45, 2.75) is 26.2 Å². The van der Waals surface area contributed by atoms with Gasteiger partial charge in [0, 0.05) is 24.3 Å². The number of hydrogen-bond acceptors (Lipinski definition) is 3. The van der Waals surface area contributed by atoms with Gasteiger partial charge in [-0.1, -0.05) is 30.8 Å². The molecule has 0 aliphatic carbocycles. The molecule has 1 aromatic rings. The van der Waals surface area contributed by atoms with E-state index in [2.05, 4.69) is 23.2 Å². The maximum atomic E-state index is 5.78. The van der Waals surface area contributed by atoms with Crippen LogP contribution in [0.3, 0.4) is 0 Å². The molecule has 0 atom stereocenters. The molecule has 19 heavy (non-hydrogen) atoms. The highest BCUT2D eigenvalue weighted by Crippen LogP contribution is 2.20. The summed E-state index contributed by atoms with van der Waals surface area (Å²) in [4.78, 5) is 2.99. The smallest absolute Gasteiger partial charge is 0.106 e. The Morgan fingerprint density at radius 3 is 2.74 bits per heavy atom. The van der Waals surface area contributed by atoms with Gasteiger partial charge in [-0.25, -0.2) is 0 Å². The first-order valence-corrected chi connectivity index (χ1v) is 7.45. The fraction of sp³-hybridized carbons (Fsp3) is 0.533. The second-order valence-corrected chi connectivity index (χ2v) is 5.63. The summed E-state index contributed by atoms with van der Waals surface area (Å²) in [6.07, 6.45) is 4.05. The second-order valence-electron chi connectivity index (χ2n) is 5.19. The molecule has 0 unspecified atom stereocenters. The molecule has 0 bridgehead atoms. The number of aryl methyl sites for hydroxylation is 1. The van der Waals surface area contributed by atoms with Crippen molar-refractivity contribution in [1.29, 1.82) is 0 Å². The molecule has 1 heterocycles. The van der Waals surface area contributed by atoms with Crippen molar-refractivity contribution in [3.8, 4) is 0 Å². The van der Waals surface area contributed by atoms with Crippen molar-refractivity contribution < 1.29 is 0 Å². The summed E-state index contributed by atoms with van der Waals surface area (Å²) in [7, 11) is 0. The Kier molecular flexibility index (Phi) is 5.16. The summed E-state index contributed by atoms with van der Waals surface area (Å²) in [5, 5.41) is 3.50. The fourth-order valence-corrected chi connectivity index (χ4v) is 2.80. The molecule has 0 amide bonds. The van der Waals surface area contributed by atoms with E-state index in [-0.39, 0.29) is 0 Å². The topological polar surface area (TPSA) is 41.3 Å². The molecule has 1 saturated heterocycles. The monoisotopic (exact) mass is 277 g/mol. The first-order chi connectivity index (χ1) is 9.18. The van der Waals surface area contributed by atoms with E-state index in [1.165, 1.54) is 37.9 Å². The van der Waals surface area contributed by atoms with Crippen molar-refractivity contribution in [3.05, 3.63) is 29.3 Å². The Morgan fingerprint density at radius 1 is 1.32 bits per heavy atom. The molecule has 1 aliphatic heterocycles. The largest absolute Gasteiger partial charge is 0.389 e. The van der Waals surface area contributed by atoms with Gasteiger partial charge in [0.15, 0.2) is 0 Å². The van der Waals surface area contributed by atoms with Gasteiger partial charge in [-0.3, -0.25) is 0 Å². The van der Waals surface area contributed by atoms with Crippen LogP contribution in [0.2, 0.25) is 0 Å². The highest BCUT2D eigenvalue weighted by atomic mass is 32.1. The lowest BCUT2D eigenvalue weighted by molar-refractivity contribution is 0.237. The Morgan fingerprint density at radius 2 is 2.05 bits per heavy atom. The lowest BCUT2D eigenvalue weighted by atomic mass is 10.1. The van der Waals surface area contributed by atoms with Crippen LogP contribution in [0.4, 0.5) is 5.69 Å². The van der Waals surface area contributed by atoms with Gasteiger partial charge in [-0.15, -0.1) is 0 Å². The van der Waals surface area contributed by atoms with Crippen molar-refractivity contribution >= 4 is 22.9 Å². The normalized spacial score (nSPS) is 16.3. The third-order valence-electron chi connectivity index (χ3n) is 3.72. The minimum atomic E-state index is 0.462. The van der Waals surface area contributed by atoms with Gasteiger partial charge in [0.1, 0.15) is 4.99 Å². The molecule has 104 valence electrons. The van der Waals surface area contributed by atoms with Crippen LogP contribution in [0.5, 0.6) is 0 Å². The number of thiocarbonyl (C=S) groups is 1. The van der Waals surface area contributed by atoms with Crippen molar-refractivity contribution in [2.75, 3.05) is 31.5 Å². The van der Waals surface area contributed by atoms with Gasteiger partial charge in [-0.05, 0) is 44.5 Å². The van der Waals surface area contributed by atoms with Gasteiger partial charge < -0.3 is 16.0 Å². The number of piperidine rings is 1. The minimum absolute atomic E-state index is 0.462. The average molecular weight is 277 g/mol. The first-order valence-electron chi connectivity index (χ1n) is 7.04. The van der Waals surface area contributed by atoms with E-state index >= 15 is 0 Å². The summed E-state index contributed by atoms with van der Waals surface area (Å²) in [6, 6.07) is 6.07. The third kappa shape index (κ3) is 3.91. The highest BCUT2D eigenvalue weighted by molar-refractivity contribution is 7.80. The van der Waals surface area contributed by atoms with Gasteiger partial charge in [0.05, 0.1) is 0 Å². The molecule has 0 radical (unpaired) electrons.